The Kier molecular flexibility index (Phi) is 3.53. The molecule has 104 valence electrons. The molecule has 0 unspecified atom stereocenters. The molecule has 0 atom stereocenters. The molecule has 0 bridgehead atoms. The van der Waals surface area contributed by atoms with Gasteiger partial charge in [-0.25, -0.2) is 0 Å². The minimum Gasteiger partial charge on any atom is -0.370 e. The highest BCUT2D eigenvalue weighted by molar-refractivity contribution is 6.11. The fourth-order valence-corrected chi connectivity index (χ4v) is 3.20. The third kappa shape index (κ3) is 2.12. The summed E-state index contributed by atoms with van der Waals surface area (Å²) in [5, 5.41) is 1.97. The van der Waals surface area contributed by atoms with Gasteiger partial charge >= 0.3 is 0 Å². The highest BCUT2D eigenvalue weighted by atomic mass is 16.5. The van der Waals surface area contributed by atoms with E-state index in [1.54, 1.807) is 19.5 Å². The summed E-state index contributed by atoms with van der Waals surface area (Å²) in [7, 11) is 1.66. The number of carbonyl (C=O) groups excluding carboxylic acids is 1. The van der Waals surface area contributed by atoms with E-state index in [4.69, 9.17) is 4.74 Å². The zero-order valence-corrected chi connectivity index (χ0v) is 11.8. The van der Waals surface area contributed by atoms with Crippen molar-refractivity contribution in [1.82, 2.24) is 4.98 Å². The average Bonchev–Trinajstić information content (AvgIpc) is 2.54. The van der Waals surface area contributed by atoms with Crippen molar-refractivity contribution in [3.63, 3.8) is 0 Å². The minimum absolute atomic E-state index is 0.110. The fraction of sp³-hybridized carbons (Fsp3) is 0.412. The van der Waals surface area contributed by atoms with E-state index in [9.17, 15) is 4.79 Å². The highest BCUT2D eigenvalue weighted by Crippen LogP contribution is 2.35. The van der Waals surface area contributed by atoms with Crippen LogP contribution >= 0.6 is 0 Å². The molecule has 2 aromatic rings. The van der Waals surface area contributed by atoms with E-state index in [-0.39, 0.29) is 5.78 Å². The number of fused-ring (bicyclic) bond motifs is 1. The number of ketones is 1. The van der Waals surface area contributed by atoms with Gasteiger partial charge in [0.1, 0.15) is 5.60 Å². The number of methoxy groups -OCH3 is 1. The van der Waals surface area contributed by atoms with Crippen LogP contribution < -0.4 is 0 Å². The number of hydrogen-bond donors (Lipinski definition) is 0. The molecule has 0 aliphatic heterocycles. The Labute approximate surface area is 119 Å². The number of nitrogens with zero attached hydrogens (tertiary/aromatic N) is 1. The predicted octanol–water partition coefficient (Wildman–Crippen LogP) is 3.77. The third-order valence-corrected chi connectivity index (χ3v) is 4.39. The summed E-state index contributed by atoms with van der Waals surface area (Å²) >= 11 is 0. The molecular formula is C17H19NO2. The van der Waals surface area contributed by atoms with Crippen LogP contribution in [0.2, 0.25) is 0 Å². The number of ether oxygens (including phenoxy) is 1. The maximum atomic E-state index is 13.0. The van der Waals surface area contributed by atoms with E-state index in [2.05, 4.69) is 4.98 Å². The zero-order chi connectivity index (χ0) is 14.0. The number of aromatic nitrogens is 1. The first-order valence-corrected chi connectivity index (χ1v) is 7.19. The molecule has 1 aliphatic rings. The third-order valence-electron chi connectivity index (χ3n) is 4.39. The van der Waals surface area contributed by atoms with E-state index in [1.165, 1.54) is 6.42 Å². The number of pyridine rings is 1. The summed E-state index contributed by atoms with van der Waals surface area (Å²) in [5.41, 5.74) is 0.0990. The van der Waals surface area contributed by atoms with E-state index in [0.29, 0.717) is 0 Å². The van der Waals surface area contributed by atoms with Gasteiger partial charge in [-0.05, 0) is 24.3 Å². The molecule has 1 aromatic carbocycles. The molecule has 20 heavy (non-hydrogen) atoms. The summed E-state index contributed by atoms with van der Waals surface area (Å²) in [6, 6.07) is 7.77. The normalized spacial score (nSPS) is 18.1. The summed E-state index contributed by atoms with van der Waals surface area (Å²) in [6.07, 6.45) is 8.47. The van der Waals surface area contributed by atoms with Crippen LogP contribution in [0.5, 0.6) is 0 Å². The Morgan fingerprint density at radius 2 is 2.00 bits per heavy atom. The molecule has 1 fully saturated rings. The first kappa shape index (κ1) is 13.3. The van der Waals surface area contributed by atoms with Crippen molar-refractivity contribution in [2.75, 3.05) is 7.11 Å². The first-order chi connectivity index (χ1) is 9.77. The van der Waals surface area contributed by atoms with Gasteiger partial charge < -0.3 is 4.74 Å². The molecule has 0 spiro atoms. The van der Waals surface area contributed by atoms with Crippen LogP contribution in [-0.2, 0) is 4.74 Å². The number of benzene rings is 1. The van der Waals surface area contributed by atoms with Crippen LogP contribution in [0.4, 0.5) is 0 Å². The molecule has 3 nitrogen and oxygen atoms in total. The van der Waals surface area contributed by atoms with E-state index in [1.807, 2.05) is 24.3 Å². The number of hydrogen-bond acceptors (Lipinski definition) is 3. The second kappa shape index (κ2) is 5.33. The molecule has 0 saturated heterocycles. The van der Waals surface area contributed by atoms with Crippen molar-refractivity contribution in [1.29, 1.82) is 0 Å². The lowest BCUT2D eigenvalue weighted by molar-refractivity contribution is -0.0192. The Morgan fingerprint density at radius 3 is 2.75 bits per heavy atom. The van der Waals surface area contributed by atoms with Crippen molar-refractivity contribution in [3.05, 3.63) is 42.2 Å². The van der Waals surface area contributed by atoms with Crippen LogP contribution in [-0.4, -0.2) is 23.5 Å². The van der Waals surface area contributed by atoms with Gasteiger partial charge in [0.25, 0.3) is 0 Å². The monoisotopic (exact) mass is 269 g/mol. The van der Waals surface area contributed by atoms with Gasteiger partial charge in [-0.1, -0.05) is 37.5 Å². The lowest BCUT2D eigenvalue weighted by Crippen LogP contribution is -2.42. The molecule has 3 rings (SSSR count). The summed E-state index contributed by atoms with van der Waals surface area (Å²) < 4.78 is 5.67. The highest BCUT2D eigenvalue weighted by Gasteiger charge is 2.40. The Balaban J connectivity index is 2.08. The van der Waals surface area contributed by atoms with Crippen molar-refractivity contribution in [3.8, 4) is 0 Å². The van der Waals surface area contributed by atoms with Gasteiger partial charge in [0, 0.05) is 30.5 Å². The Bertz CT molecular complexity index is 624. The average molecular weight is 269 g/mol. The molecule has 1 aromatic heterocycles. The molecule has 0 radical (unpaired) electrons. The van der Waals surface area contributed by atoms with Crippen LogP contribution in [0.25, 0.3) is 10.8 Å². The van der Waals surface area contributed by atoms with E-state index < -0.39 is 5.60 Å². The lowest BCUT2D eigenvalue weighted by atomic mass is 9.78. The van der Waals surface area contributed by atoms with Crippen molar-refractivity contribution < 1.29 is 9.53 Å². The van der Waals surface area contributed by atoms with Gasteiger partial charge in [0.05, 0.1) is 0 Å². The van der Waals surface area contributed by atoms with Gasteiger partial charge in [0.2, 0.25) is 0 Å². The van der Waals surface area contributed by atoms with E-state index in [0.717, 1.165) is 42.0 Å². The van der Waals surface area contributed by atoms with Gasteiger partial charge in [0.15, 0.2) is 5.78 Å². The van der Waals surface area contributed by atoms with Crippen LogP contribution in [0.1, 0.15) is 42.5 Å². The molecule has 1 saturated carbocycles. The number of Topliss-reactive ketones (excluding diaryl/α,β-unsaturated/α-hetero) is 1. The minimum atomic E-state index is -0.637. The molecule has 1 aliphatic carbocycles. The van der Waals surface area contributed by atoms with Gasteiger partial charge in [-0.3, -0.25) is 9.78 Å². The zero-order valence-electron chi connectivity index (χ0n) is 11.8. The van der Waals surface area contributed by atoms with Gasteiger partial charge in [-0.2, -0.15) is 0 Å². The molecule has 1 heterocycles. The van der Waals surface area contributed by atoms with Crippen molar-refractivity contribution in [2.45, 2.75) is 37.7 Å². The standard InChI is InChI=1S/C17H19NO2/c1-20-17(9-3-2-4-10-17)16(19)14-7-5-6-13-8-11-18-12-15(13)14/h5-8,11-12H,2-4,9-10H2,1H3. The second-order valence-corrected chi connectivity index (χ2v) is 5.49. The molecule has 0 amide bonds. The predicted molar refractivity (Wildman–Crippen MR) is 78.9 cm³/mol. The summed E-state index contributed by atoms with van der Waals surface area (Å²) in [6.45, 7) is 0. The smallest absolute Gasteiger partial charge is 0.195 e. The fourth-order valence-electron chi connectivity index (χ4n) is 3.20. The second-order valence-electron chi connectivity index (χ2n) is 5.49. The first-order valence-electron chi connectivity index (χ1n) is 7.19. The van der Waals surface area contributed by atoms with E-state index >= 15 is 0 Å². The summed E-state index contributed by atoms with van der Waals surface area (Å²) in [4.78, 5) is 17.2. The van der Waals surface area contributed by atoms with Crippen molar-refractivity contribution >= 4 is 16.6 Å². The van der Waals surface area contributed by atoms with Crippen LogP contribution in [0, 0.1) is 0 Å². The molecule has 0 N–H and O–H groups in total. The largest absolute Gasteiger partial charge is 0.370 e. The van der Waals surface area contributed by atoms with Gasteiger partial charge in [-0.15, -0.1) is 0 Å². The van der Waals surface area contributed by atoms with Crippen LogP contribution in [0.3, 0.4) is 0 Å². The number of rotatable bonds is 3. The maximum Gasteiger partial charge on any atom is 0.195 e. The quantitative estimate of drug-likeness (QED) is 0.796. The maximum absolute atomic E-state index is 13.0. The van der Waals surface area contributed by atoms with Crippen LogP contribution in [0.15, 0.2) is 36.7 Å². The molecular weight excluding hydrogens is 250 g/mol. The topological polar surface area (TPSA) is 39.2 Å². The number of carbonyl (C=O) groups is 1. The lowest BCUT2D eigenvalue weighted by Gasteiger charge is -2.34. The Hall–Kier alpha value is -1.74. The summed E-state index contributed by atoms with van der Waals surface area (Å²) in [5.74, 6) is 0.110. The molecule has 3 heteroatoms. The SMILES string of the molecule is COC1(C(=O)c2cccc3ccncc23)CCCCC1. The Morgan fingerprint density at radius 1 is 1.20 bits per heavy atom. The van der Waals surface area contributed by atoms with Crippen molar-refractivity contribution in [2.24, 2.45) is 0 Å².